The Morgan fingerprint density at radius 1 is 1.10 bits per heavy atom. The molecule has 3 aromatic rings. The molecule has 2 aromatic carbocycles. The Hall–Kier alpha value is -3.23. The van der Waals surface area contributed by atoms with Gasteiger partial charge in [0.2, 0.25) is 5.91 Å². The molecule has 1 saturated heterocycles. The number of anilines is 1. The summed E-state index contributed by atoms with van der Waals surface area (Å²) >= 11 is 0. The molecule has 1 aromatic heterocycles. The Labute approximate surface area is 231 Å². The molecule has 0 radical (unpaired) electrons. The number of ether oxygens (including phenoxy) is 2. The van der Waals surface area contributed by atoms with E-state index in [0.29, 0.717) is 30.4 Å². The first-order valence-electron chi connectivity index (χ1n) is 14.1. The second kappa shape index (κ2) is 11.9. The molecule has 0 bridgehead atoms. The van der Waals surface area contributed by atoms with Crippen LogP contribution in [0.25, 0.3) is 22.0 Å². The minimum absolute atomic E-state index is 0.157. The maximum absolute atomic E-state index is 13.7. The van der Waals surface area contributed by atoms with E-state index in [2.05, 4.69) is 52.0 Å². The van der Waals surface area contributed by atoms with E-state index < -0.39 is 0 Å². The molecule has 2 aliphatic rings. The number of hydrogen-bond acceptors (Lipinski definition) is 7. The van der Waals surface area contributed by atoms with Gasteiger partial charge in [0.15, 0.2) is 0 Å². The van der Waals surface area contributed by atoms with Crippen LogP contribution in [0.2, 0.25) is 0 Å². The van der Waals surface area contributed by atoms with Crippen molar-refractivity contribution in [2.45, 2.75) is 63.7 Å². The Morgan fingerprint density at radius 3 is 2.69 bits per heavy atom. The molecule has 1 amide bonds. The highest BCUT2D eigenvalue weighted by atomic mass is 16.5. The summed E-state index contributed by atoms with van der Waals surface area (Å²) < 4.78 is 11.2. The SMILES string of the molecule is COC[C@@H]1C[C@H](N(C)C(C)C)CC[C@@H]1N1CC[C@H](Nc2ncnc3ccc(-c4ccccc4OC)cc23)C1=O. The number of likely N-dealkylation sites (tertiary alicyclic amines) is 1. The van der Waals surface area contributed by atoms with E-state index in [-0.39, 0.29) is 18.0 Å². The number of carbonyl (C=O) groups excluding carboxylic acids is 1. The van der Waals surface area contributed by atoms with Crippen molar-refractivity contribution in [1.82, 2.24) is 19.8 Å². The average Bonchev–Trinajstić information content (AvgIpc) is 3.32. The van der Waals surface area contributed by atoms with Crippen LogP contribution in [0.3, 0.4) is 0 Å². The third kappa shape index (κ3) is 5.58. The van der Waals surface area contributed by atoms with Gasteiger partial charge in [-0.3, -0.25) is 4.79 Å². The quantitative estimate of drug-likeness (QED) is 0.423. The number of hydrogen-bond donors (Lipinski definition) is 1. The zero-order chi connectivity index (χ0) is 27.5. The molecular formula is C31H41N5O3. The summed E-state index contributed by atoms with van der Waals surface area (Å²) in [6.45, 7) is 5.92. The molecule has 4 atom stereocenters. The van der Waals surface area contributed by atoms with Crippen molar-refractivity contribution in [3.8, 4) is 16.9 Å². The van der Waals surface area contributed by atoms with Crippen molar-refractivity contribution in [2.75, 3.05) is 39.7 Å². The van der Waals surface area contributed by atoms with Crippen LogP contribution in [0.1, 0.15) is 39.5 Å². The summed E-state index contributed by atoms with van der Waals surface area (Å²) in [6.07, 6.45) is 5.47. The minimum Gasteiger partial charge on any atom is -0.496 e. The molecule has 2 fully saturated rings. The first-order valence-corrected chi connectivity index (χ1v) is 14.1. The van der Waals surface area contributed by atoms with Crippen LogP contribution >= 0.6 is 0 Å². The molecule has 0 unspecified atom stereocenters. The van der Waals surface area contributed by atoms with Gasteiger partial charge in [-0.05, 0) is 70.3 Å². The van der Waals surface area contributed by atoms with E-state index in [1.54, 1.807) is 20.5 Å². The molecule has 2 heterocycles. The fraction of sp³-hybridized carbons (Fsp3) is 0.516. The third-order valence-electron chi connectivity index (χ3n) is 8.69. The Bertz CT molecular complexity index is 1300. The fourth-order valence-corrected chi connectivity index (χ4v) is 6.37. The van der Waals surface area contributed by atoms with Gasteiger partial charge in [-0.25, -0.2) is 9.97 Å². The normalized spacial score (nSPS) is 23.7. The van der Waals surface area contributed by atoms with Gasteiger partial charge >= 0.3 is 0 Å². The Balaban J connectivity index is 1.35. The second-order valence-electron chi connectivity index (χ2n) is 11.2. The summed E-state index contributed by atoms with van der Waals surface area (Å²) in [6, 6.07) is 15.0. The van der Waals surface area contributed by atoms with Crippen LogP contribution in [0, 0.1) is 5.92 Å². The number of nitrogens with zero attached hydrogens (tertiary/aromatic N) is 4. The zero-order valence-electron chi connectivity index (χ0n) is 23.8. The number of rotatable bonds is 9. The largest absolute Gasteiger partial charge is 0.496 e. The lowest BCUT2D eigenvalue weighted by Gasteiger charge is -2.44. The summed E-state index contributed by atoms with van der Waals surface area (Å²) in [5.74, 6) is 1.99. The summed E-state index contributed by atoms with van der Waals surface area (Å²) in [4.78, 5) is 27.3. The van der Waals surface area contributed by atoms with Gasteiger partial charge in [0, 0.05) is 48.6 Å². The van der Waals surface area contributed by atoms with Gasteiger partial charge < -0.3 is 24.6 Å². The summed E-state index contributed by atoms with van der Waals surface area (Å²) in [5, 5.41) is 4.38. The number of aromatic nitrogens is 2. The Kier molecular flexibility index (Phi) is 8.33. The number of carbonyl (C=O) groups is 1. The number of amides is 1. The molecule has 1 aliphatic heterocycles. The van der Waals surface area contributed by atoms with E-state index >= 15 is 0 Å². The van der Waals surface area contributed by atoms with Gasteiger partial charge in [-0.2, -0.15) is 0 Å². The maximum Gasteiger partial charge on any atom is 0.245 e. The second-order valence-corrected chi connectivity index (χ2v) is 11.2. The fourth-order valence-electron chi connectivity index (χ4n) is 6.37. The van der Waals surface area contributed by atoms with Crippen molar-refractivity contribution in [1.29, 1.82) is 0 Å². The number of benzene rings is 2. The van der Waals surface area contributed by atoms with E-state index in [1.807, 2.05) is 36.4 Å². The van der Waals surface area contributed by atoms with Gasteiger partial charge in [0.1, 0.15) is 23.9 Å². The van der Waals surface area contributed by atoms with Crippen LogP contribution in [0.4, 0.5) is 5.82 Å². The molecule has 1 saturated carbocycles. The molecule has 1 N–H and O–H groups in total. The minimum atomic E-state index is -0.308. The van der Waals surface area contributed by atoms with E-state index in [9.17, 15) is 4.79 Å². The van der Waals surface area contributed by atoms with Crippen LogP contribution in [0.5, 0.6) is 5.75 Å². The standard InChI is InChI=1S/C31H41N5O3/c1-20(2)35(3)23-11-13-28(22(16-23)18-38-4)36-15-14-27(31(36)37)34-30-25-17-21(10-12-26(25)32-19-33-30)24-8-6-7-9-29(24)39-5/h6-10,12,17,19-20,22-23,27-28H,11,13-16,18H2,1-5H3,(H,32,33,34)/t22-,23+,27-,28-/m0/s1. The van der Waals surface area contributed by atoms with Crippen LogP contribution in [-0.4, -0.2) is 84.3 Å². The first kappa shape index (κ1) is 27.3. The predicted octanol–water partition coefficient (Wildman–Crippen LogP) is 4.84. The van der Waals surface area contributed by atoms with Gasteiger partial charge in [0.05, 0.1) is 19.2 Å². The highest BCUT2D eigenvalue weighted by Gasteiger charge is 2.42. The van der Waals surface area contributed by atoms with Crippen molar-refractivity contribution < 1.29 is 14.3 Å². The topological polar surface area (TPSA) is 79.8 Å². The van der Waals surface area contributed by atoms with Crippen molar-refractivity contribution in [2.24, 2.45) is 5.92 Å². The van der Waals surface area contributed by atoms with Crippen LogP contribution < -0.4 is 10.1 Å². The number of para-hydroxylation sites is 1. The molecular weight excluding hydrogens is 490 g/mol. The lowest BCUT2D eigenvalue weighted by Crippen LogP contribution is -2.52. The monoisotopic (exact) mass is 531 g/mol. The predicted molar refractivity (Wildman–Crippen MR) is 155 cm³/mol. The molecule has 5 rings (SSSR count). The molecule has 39 heavy (non-hydrogen) atoms. The number of methoxy groups -OCH3 is 2. The molecule has 1 aliphatic carbocycles. The van der Waals surface area contributed by atoms with Gasteiger partial charge in [-0.15, -0.1) is 0 Å². The van der Waals surface area contributed by atoms with E-state index in [1.165, 1.54) is 0 Å². The van der Waals surface area contributed by atoms with Gasteiger partial charge in [-0.1, -0.05) is 24.3 Å². The van der Waals surface area contributed by atoms with Crippen molar-refractivity contribution >= 4 is 22.6 Å². The molecule has 0 spiro atoms. The molecule has 208 valence electrons. The highest BCUT2D eigenvalue weighted by Crippen LogP contribution is 2.36. The molecule has 8 heteroatoms. The first-order chi connectivity index (χ1) is 18.9. The Morgan fingerprint density at radius 2 is 1.92 bits per heavy atom. The van der Waals surface area contributed by atoms with Gasteiger partial charge in [0.25, 0.3) is 0 Å². The average molecular weight is 532 g/mol. The van der Waals surface area contributed by atoms with E-state index in [4.69, 9.17) is 9.47 Å². The smallest absolute Gasteiger partial charge is 0.245 e. The van der Waals surface area contributed by atoms with Crippen molar-refractivity contribution in [3.05, 3.63) is 48.8 Å². The van der Waals surface area contributed by atoms with Crippen molar-refractivity contribution in [3.63, 3.8) is 0 Å². The van der Waals surface area contributed by atoms with Crippen LogP contribution in [0.15, 0.2) is 48.8 Å². The van der Waals surface area contributed by atoms with E-state index in [0.717, 1.165) is 60.0 Å². The summed E-state index contributed by atoms with van der Waals surface area (Å²) in [7, 11) is 5.66. The lowest BCUT2D eigenvalue weighted by molar-refractivity contribution is -0.133. The molecule has 8 nitrogen and oxygen atoms in total. The lowest BCUT2D eigenvalue weighted by atomic mass is 9.80. The summed E-state index contributed by atoms with van der Waals surface area (Å²) in [5.41, 5.74) is 2.85. The number of fused-ring (bicyclic) bond motifs is 1. The number of nitrogens with one attached hydrogen (secondary N) is 1. The van der Waals surface area contributed by atoms with Crippen LogP contribution in [-0.2, 0) is 9.53 Å². The zero-order valence-corrected chi connectivity index (χ0v) is 23.8. The third-order valence-corrected chi connectivity index (χ3v) is 8.69. The maximum atomic E-state index is 13.7. The highest BCUT2D eigenvalue weighted by molar-refractivity contribution is 5.95.